The maximum atomic E-state index is 6.40. The smallest absolute Gasteiger partial charge is 0.509 e. The molecule has 5 aromatic carbocycles. The molecule has 0 aliphatic rings. The van der Waals surface area contributed by atoms with Crippen molar-refractivity contribution >= 4 is 21.8 Å². The average Bonchev–Trinajstić information content (AvgIpc) is 3.74. The summed E-state index contributed by atoms with van der Waals surface area (Å²) < 4.78 is 16.5. The van der Waals surface area contributed by atoms with Gasteiger partial charge in [-0.2, -0.15) is 17.2 Å². The van der Waals surface area contributed by atoms with E-state index in [1.54, 1.807) is 0 Å². The van der Waals surface area contributed by atoms with Crippen LogP contribution in [0.2, 0.25) is 0 Å². The first kappa shape index (κ1) is 34.0. The van der Waals surface area contributed by atoms with E-state index in [0.29, 0.717) is 24.0 Å². The minimum atomic E-state index is 0. The molecule has 0 amide bonds. The van der Waals surface area contributed by atoms with E-state index in [9.17, 15) is 0 Å². The Balaban J connectivity index is 0.00000406. The molecular weight excluding hydrogens is 812 g/mol. The van der Waals surface area contributed by atoms with Gasteiger partial charge in [0.2, 0.25) is 0 Å². The molecule has 0 spiro atoms. The van der Waals surface area contributed by atoms with Gasteiger partial charge in [-0.05, 0) is 89.0 Å². The van der Waals surface area contributed by atoms with Crippen LogP contribution in [-0.2, 0) is 27.7 Å². The molecule has 0 aliphatic carbocycles. The van der Waals surface area contributed by atoms with Crippen LogP contribution in [0.5, 0.6) is 17.2 Å². The van der Waals surface area contributed by atoms with Crippen molar-refractivity contribution in [1.82, 2.24) is 19.3 Å². The number of pyridine rings is 1. The molecule has 0 fully saturated rings. The van der Waals surface area contributed by atoms with Gasteiger partial charge in [-0.3, -0.25) is 4.68 Å². The van der Waals surface area contributed by atoms with Gasteiger partial charge in [0.1, 0.15) is 18.2 Å². The third-order valence-corrected chi connectivity index (χ3v) is 9.07. The summed E-state index contributed by atoms with van der Waals surface area (Å²) >= 11 is 0. The molecule has 0 saturated carbocycles. The predicted octanol–water partition coefficient (Wildman–Crippen LogP) is 10.7. The quantitative estimate of drug-likeness (QED) is 0.136. The summed E-state index contributed by atoms with van der Waals surface area (Å²) in [6, 6.07) is 43.8. The Hall–Kier alpha value is -5.45. The maximum Gasteiger partial charge on any atom is 2.00 e. The van der Waals surface area contributed by atoms with Crippen LogP contribution in [-0.4, -0.2) is 19.3 Å². The number of benzene rings is 5. The summed E-state index contributed by atoms with van der Waals surface area (Å²) in [4.78, 5) is 4.76. The van der Waals surface area contributed by atoms with Crippen LogP contribution >= 0.6 is 0 Å². The zero-order valence-electron chi connectivity index (χ0n) is 28.8. The van der Waals surface area contributed by atoms with Crippen molar-refractivity contribution < 1.29 is 30.5 Å². The van der Waals surface area contributed by atoms with Gasteiger partial charge >= 0.3 is 21.1 Å². The number of hydrogen-bond donors (Lipinski definition) is 0. The Morgan fingerprint density at radius 1 is 0.765 bits per heavy atom. The summed E-state index contributed by atoms with van der Waals surface area (Å²) in [6.07, 6.45) is 5.81. The first-order valence-electron chi connectivity index (χ1n) is 16.9. The van der Waals surface area contributed by atoms with E-state index in [0.717, 1.165) is 66.9 Å². The van der Waals surface area contributed by atoms with E-state index in [4.69, 9.17) is 19.6 Å². The number of aromatic nitrogens is 4. The fraction of sp³-hybridized carbons (Fsp3) is 0.136. The second-order valence-corrected chi connectivity index (χ2v) is 12.9. The van der Waals surface area contributed by atoms with Crippen molar-refractivity contribution in [2.75, 3.05) is 0 Å². The average molecular weight is 848 g/mol. The van der Waals surface area contributed by atoms with Gasteiger partial charge in [0.05, 0.1) is 6.20 Å². The van der Waals surface area contributed by atoms with Gasteiger partial charge in [-0.25, -0.2) is 4.98 Å². The van der Waals surface area contributed by atoms with Crippen molar-refractivity contribution in [2.24, 2.45) is 0 Å². The Labute approximate surface area is 312 Å². The van der Waals surface area contributed by atoms with Gasteiger partial charge in [0, 0.05) is 35.0 Å². The first-order chi connectivity index (χ1) is 24.4. The van der Waals surface area contributed by atoms with Crippen LogP contribution in [0.3, 0.4) is 0 Å². The molecule has 6 nitrogen and oxygen atoms in total. The number of rotatable bonds is 9. The van der Waals surface area contributed by atoms with Crippen LogP contribution < -0.4 is 9.47 Å². The minimum Gasteiger partial charge on any atom is -0.509 e. The minimum absolute atomic E-state index is 0. The molecule has 0 saturated heterocycles. The van der Waals surface area contributed by atoms with E-state index in [1.165, 1.54) is 5.56 Å². The topological polar surface area (TPSA) is 54.1 Å². The van der Waals surface area contributed by atoms with Crippen LogP contribution in [0.25, 0.3) is 44.4 Å². The number of fused-ring (bicyclic) bond motifs is 3. The zero-order valence-corrected chi connectivity index (χ0v) is 31.1. The molecule has 0 aliphatic heterocycles. The van der Waals surface area contributed by atoms with Gasteiger partial charge in [0.15, 0.2) is 0 Å². The third kappa shape index (κ3) is 6.84. The molecule has 7 heteroatoms. The van der Waals surface area contributed by atoms with E-state index in [-0.39, 0.29) is 21.1 Å². The number of ether oxygens (including phenoxy) is 2. The molecule has 8 aromatic rings. The molecule has 0 N–H and O–H groups in total. The summed E-state index contributed by atoms with van der Waals surface area (Å²) in [5.41, 5.74) is 9.56. The van der Waals surface area contributed by atoms with Crippen LogP contribution in [0.4, 0.5) is 0 Å². The van der Waals surface area contributed by atoms with Crippen molar-refractivity contribution in [2.45, 2.75) is 40.2 Å². The van der Waals surface area contributed by atoms with E-state index < -0.39 is 0 Å². The zero-order chi connectivity index (χ0) is 34.2. The van der Waals surface area contributed by atoms with Crippen LogP contribution in [0.15, 0.2) is 128 Å². The molecule has 3 heterocycles. The number of para-hydroxylation sites is 1. The Morgan fingerprint density at radius 3 is 2.33 bits per heavy atom. The Morgan fingerprint density at radius 2 is 1.53 bits per heavy atom. The summed E-state index contributed by atoms with van der Waals surface area (Å²) in [6.45, 7) is 9.14. The van der Waals surface area contributed by atoms with Crippen LogP contribution in [0.1, 0.15) is 42.0 Å². The molecule has 8 rings (SSSR count). The molecule has 254 valence electrons. The standard InChI is InChI=1S/C44H36N4O2.Pt/c1-29(2)33-19-20-45-43(23-33)48-41-16-9-8-15-39(41)40-18-17-37(25-42(40)48)50-36-14-10-13-35(24-36)47-27-34(26-46-47)44-30(3)21-38(22-31(44)4)49-28-32-11-6-5-7-12-32;/h5-23,26-27,29H,28H2,1-4H3;/q-2;+2. The summed E-state index contributed by atoms with van der Waals surface area (Å²) in [7, 11) is 0. The van der Waals surface area contributed by atoms with E-state index >= 15 is 0 Å². The van der Waals surface area contributed by atoms with Crippen LogP contribution in [0, 0.1) is 26.0 Å². The van der Waals surface area contributed by atoms with Crippen molar-refractivity contribution in [3.8, 4) is 39.9 Å². The molecular formula is C44H36N4O2Pt. The molecule has 0 bridgehead atoms. The van der Waals surface area contributed by atoms with Gasteiger partial charge in [-0.15, -0.1) is 35.7 Å². The summed E-state index contributed by atoms with van der Waals surface area (Å²) in [5, 5.41) is 6.94. The van der Waals surface area contributed by atoms with Crippen molar-refractivity contribution in [3.05, 3.63) is 162 Å². The first-order valence-corrected chi connectivity index (χ1v) is 16.9. The van der Waals surface area contributed by atoms with E-state index in [2.05, 4.69) is 111 Å². The largest absolute Gasteiger partial charge is 2.00 e. The second-order valence-electron chi connectivity index (χ2n) is 12.9. The molecule has 0 atom stereocenters. The summed E-state index contributed by atoms with van der Waals surface area (Å²) in [5.74, 6) is 3.27. The van der Waals surface area contributed by atoms with E-state index in [1.807, 2.05) is 65.7 Å². The van der Waals surface area contributed by atoms with Gasteiger partial charge in [-0.1, -0.05) is 67.9 Å². The molecule has 0 radical (unpaired) electrons. The number of aryl methyl sites for hydroxylation is 2. The molecule has 0 unspecified atom stereocenters. The fourth-order valence-corrected chi connectivity index (χ4v) is 6.62. The normalized spacial score (nSPS) is 11.2. The monoisotopic (exact) mass is 847 g/mol. The fourth-order valence-electron chi connectivity index (χ4n) is 6.62. The van der Waals surface area contributed by atoms with Crippen molar-refractivity contribution in [1.29, 1.82) is 0 Å². The maximum absolute atomic E-state index is 6.40. The van der Waals surface area contributed by atoms with Crippen molar-refractivity contribution in [3.63, 3.8) is 0 Å². The van der Waals surface area contributed by atoms with Gasteiger partial charge < -0.3 is 14.0 Å². The Kier molecular flexibility index (Phi) is 9.62. The Bertz CT molecular complexity index is 2460. The second kappa shape index (κ2) is 14.4. The molecule has 3 aromatic heterocycles. The third-order valence-electron chi connectivity index (χ3n) is 9.07. The number of nitrogens with zero attached hydrogens (tertiary/aromatic N) is 4. The SMILES string of the molecule is Cc1cc(OCc2ccccc2)cc(C)c1-c1cnn(-c2[c-]c(Oc3[c-]c4c(cc3)c3ccccc3n4-c3cc(C(C)C)ccn3)ccc2)c1.[Pt+2]. The van der Waals surface area contributed by atoms with Gasteiger partial charge in [0.25, 0.3) is 0 Å². The molecule has 51 heavy (non-hydrogen) atoms. The predicted molar refractivity (Wildman–Crippen MR) is 200 cm³/mol. The number of hydrogen-bond acceptors (Lipinski definition) is 4.